The molecule has 90 valence electrons. The Morgan fingerprint density at radius 3 is 2.56 bits per heavy atom. The topological polar surface area (TPSA) is 29.3 Å². The third-order valence-electron chi connectivity index (χ3n) is 2.86. The molecule has 1 aromatic carbocycles. The lowest BCUT2D eigenvalue weighted by atomic mass is 10.1. The largest absolute Gasteiger partial charge is 0.372 e. The van der Waals surface area contributed by atoms with E-state index in [4.69, 9.17) is 5.73 Å². The summed E-state index contributed by atoms with van der Waals surface area (Å²) >= 11 is 0. The van der Waals surface area contributed by atoms with E-state index in [1.807, 2.05) is 0 Å². The van der Waals surface area contributed by atoms with E-state index in [0.717, 1.165) is 26.1 Å². The minimum Gasteiger partial charge on any atom is -0.372 e. The molecule has 0 heterocycles. The highest BCUT2D eigenvalue weighted by Gasteiger charge is 2.08. The van der Waals surface area contributed by atoms with Gasteiger partial charge in [0.2, 0.25) is 0 Å². The second-order valence-corrected chi connectivity index (χ2v) is 4.25. The van der Waals surface area contributed by atoms with E-state index in [9.17, 15) is 0 Å². The van der Waals surface area contributed by atoms with E-state index in [-0.39, 0.29) is 0 Å². The predicted molar refractivity (Wildman–Crippen MR) is 72.1 cm³/mol. The smallest absolute Gasteiger partial charge is 0.0399 e. The molecule has 0 bridgehead atoms. The van der Waals surface area contributed by atoms with Crippen LogP contribution in [-0.2, 0) is 6.42 Å². The van der Waals surface area contributed by atoms with Crippen molar-refractivity contribution in [1.82, 2.24) is 0 Å². The van der Waals surface area contributed by atoms with Gasteiger partial charge < -0.3 is 10.6 Å². The normalized spacial score (nSPS) is 10.5. The molecule has 0 aliphatic rings. The molecule has 0 aliphatic carbocycles. The van der Waals surface area contributed by atoms with Gasteiger partial charge in [-0.2, -0.15) is 0 Å². The maximum atomic E-state index is 5.68. The summed E-state index contributed by atoms with van der Waals surface area (Å²) < 4.78 is 0. The van der Waals surface area contributed by atoms with Crippen molar-refractivity contribution in [3.05, 3.63) is 29.3 Å². The highest BCUT2D eigenvalue weighted by molar-refractivity contribution is 5.55. The number of hydrogen-bond donors (Lipinski definition) is 1. The average molecular weight is 220 g/mol. The Hall–Kier alpha value is -1.02. The lowest BCUT2D eigenvalue weighted by Gasteiger charge is -2.25. The minimum atomic E-state index is 0.722. The summed E-state index contributed by atoms with van der Waals surface area (Å²) in [6, 6.07) is 6.69. The summed E-state index contributed by atoms with van der Waals surface area (Å²) in [6.45, 7) is 9.48. The Morgan fingerprint density at radius 2 is 2.00 bits per heavy atom. The Morgan fingerprint density at radius 1 is 1.25 bits per heavy atom. The summed E-state index contributed by atoms with van der Waals surface area (Å²) in [5.41, 5.74) is 9.74. The zero-order chi connectivity index (χ0) is 12.0. The van der Waals surface area contributed by atoms with Gasteiger partial charge in [0.15, 0.2) is 0 Å². The fourth-order valence-electron chi connectivity index (χ4n) is 2.10. The lowest BCUT2D eigenvalue weighted by Crippen LogP contribution is -2.25. The monoisotopic (exact) mass is 220 g/mol. The van der Waals surface area contributed by atoms with Crippen LogP contribution in [0.5, 0.6) is 0 Å². The summed E-state index contributed by atoms with van der Waals surface area (Å²) in [5, 5.41) is 0. The van der Waals surface area contributed by atoms with Crippen molar-refractivity contribution in [2.24, 2.45) is 5.73 Å². The van der Waals surface area contributed by atoms with Gasteiger partial charge in [0.05, 0.1) is 0 Å². The summed E-state index contributed by atoms with van der Waals surface area (Å²) in [7, 11) is 0. The molecule has 0 radical (unpaired) electrons. The zero-order valence-electron chi connectivity index (χ0n) is 10.8. The van der Waals surface area contributed by atoms with Crippen LogP contribution in [-0.4, -0.2) is 19.6 Å². The van der Waals surface area contributed by atoms with Crippen molar-refractivity contribution < 1.29 is 0 Å². The molecule has 0 spiro atoms. The first kappa shape index (κ1) is 13.0. The molecular formula is C14H24N2. The van der Waals surface area contributed by atoms with Gasteiger partial charge in [-0.1, -0.05) is 24.6 Å². The van der Waals surface area contributed by atoms with Gasteiger partial charge in [-0.3, -0.25) is 0 Å². The highest BCUT2D eigenvalue weighted by atomic mass is 15.1. The van der Waals surface area contributed by atoms with E-state index >= 15 is 0 Å². The zero-order valence-corrected chi connectivity index (χ0v) is 10.8. The molecule has 0 aromatic heterocycles. The molecule has 0 amide bonds. The Balaban J connectivity index is 2.99. The van der Waals surface area contributed by atoms with Crippen molar-refractivity contribution in [1.29, 1.82) is 0 Å². The highest BCUT2D eigenvalue weighted by Crippen LogP contribution is 2.22. The van der Waals surface area contributed by atoms with Crippen LogP contribution in [0.2, 0.25) is 0 Å². The number of rotatable bonds is 6. The molecule has 2 heteroatoms. The van der Waals surface area contributed by atoms with Crippen molar-refractivity contribution in [2.75, 3.05) is 24.5 Å². The van der Waals surface area contributed by atoms with Crippen LogP contribution in [0.25, 0.3) is 0 Å². The maximum Gasteiger partial charge on any atom is 0.0399 e. The number of benzene rings is 1. The Bertz CT molecular complexity index is 321. The fourth-order valence-corrected chi connectivity index (χ4v) is 2.10. The molecule has 0 saturated heterocycles. The molecule has 16 heavy (non-hydrogen) atoms. The summed E-state index contributed by atoms with van der Waals surface area (Å²) in [6.07, 6.45) is 2.15. The van der Waals surface area contributed by atoms with Crippen LogP contribution in [0, 0.1) is 6.92 Å². The predicted octanol–water partition coefficient (Wildman–Crippen LogP) is 2.73. The summed E-state index contributed by atoms with van der Waals surface area (Å²) in [4.78, 5) is 2.43. The molecule has 0 unspecified atom stereocenters. The van der Waals surface area contributed by atoms with Crippen LogP contribution in [0.15, 0.2) is 18.2 Å². The number of nitrogens with two attached hydrogens (primary N) is 1. The standard InChI is InChI=1S/C14H24N2/c1-4-10-16(5-2)14-7-6-12(3)11-13(14)8-9-15/h6-7,11H,4-5,8-10,15H2,1-3H3. The quantitative estimate of drug-likeness (QED) is 0.798. The molecule has 2 nitrogen and oxygen atoms in total. The van der Waals surface area contributed by atoms with Gasteiger partial charge in [-0.15, -0.1) is 0 Å². The van der Waals surface area contributed by atoms with Gasteiger partial charge in [-0.05, 0) is 44.9 Å². The van der Waals surface area contributed by atoms with Crippen molar-refractivity contribution in [3.63, 3.8) is 0 Å². The molecule has 1 rings (SSSR count). The van der Waals surface area contributed by atoms with Gasteiger partial charge in [0.1, 0.15) is 0 Å². The second-order valence-electron chi connectivity index (χ2n) is 4.25. The summed E-state index contributed by atoms with van der Waals surface area (Å²) in [5.74, 6) is 0. The van der Waals surface area contributed by atoms with Crippen LogP contribution in [0.3, 0.4) is 0 Å². The second kappa shape index (κ2) is 6.54. The molecule has 0 fully saturated rings. The van der Waals surface area contributed by atoms with E-state index in [1.165, 1.54) is 23.2 Å². The van der Waals surface area contributed by atoms with Crippen molar-refractivity contribution in [2.45, 2.75) is 33.6 Å². The van der Waals surface area contributed by atoms with Crippen LogP contribution in [0.1, 0.15) is 31.4 Å². The third-order valence-corrected chi connectivity index (χ3v) is 2.86. The molecular weight excluding hydrogens is 196 g/mol. The third kappa shape index (κ3) is 3.24. The number of nitrogens with zero attached hydrogens (tertiary/aromatic N) is 1. The Kier molecular flexibility index (Phi) is 5.33. The van der Waals surface area contributed by atoms with Gasteiger partial charge >= 0.3 is 0 Å². The van der Waals surface area contributed by atoms with Crippen LogP contribution < -0.4 is 10.6 Å². The number of hydrogen-bond acceptors (Lipinski definition) is 2. The van der Waals surface area contributed by atoms with Gasteiger partial charge in [0, 0.05) is 18.8 Å². The van der Waals surface area contributed by atoms with Crippen LogP contribution >= 0.6 is 0 Å². The lowest BCUT2D eigenvalue weighted by molar-refractivity contribution is 0.783. The van der Waals surface area contributed by atoms with Gasteiger partial charge in [0.25, 0.3) is 0 Å². The molecule has 0 atom stereocenters. The van der Waals surface area contributed by atoms with E-state index < -0.39 is 0 Å². The first-order chi connectivity index (χ1) is 7.72. The average Bonchev–Trinajstić information content (AvgIpc) is 2.27. The molecule has 2 N–H and O–H groups in total. The Labute approximate surface area is 99.5 Å². The van der Waals surface area contributed by atoms with E-state index in [2.05, 4.69) is 43.9 Å². The first-order valence-corrected chi connectivity index (χ1v) is 6.27. The number of aryl methyl sites for hydroxylation is 1. The van der Waals surface area contributed by atoms with Gasteiger partial charge in [-0.25, -0.2) is 0 Å². The number of anilines is 1. The molecule has 0 aliphatic heterocycles. The SMILES string of the molecule is CCCN(CC)c1ccc(C)cc1CCN. The minimum absolute atomic E-state index is 0.722. The van der Waals surface area contributed by atoms with Crippen molar-refractivity contribution >= 4 is 5.69 Å². The van der Waals surface area contributed by atoms with E-state index in [1.54, 1.807) is 0 Å². The first-order valence-electron chi connectivity index (χ1n) is 6.27. The van der Waals surface area contributed by atoms with Crippen molar-refractivity contribution in [3.8, 4) is 0 Å². The fraction of sp³-hybridized carbons (Fsp3) is 0.571. The van der Waals surface area contributed by atoms with E-state index in [0.29, 0.717) is 0 Å². The molecule has 1 aromatic rings. The van der Waals surface area contributed by atoms with Crippen LogP contribution in [0.4, 0.5) is 5.69 Å². The maximum absolute atomic E-state index is 5.68. The molecule has 0 saturated carbocycles.